The molecule has 0 aliphatic carbocycles. The summed E-state index contributed by atoms with van der Waals surface area (Å²) >= 11 is 0. The summed E-state index contributed by atoms with van der Waals surface area (Å²) in [6, 6.07) is 13.0. The van der Waals surface area contributed by atoms with Crippen LogP contribution in [0.15, 0.2) is 67.4 Å². The molecule has 0 aliphatic heterocycles. The van der Waals surface area contributed by atoms with Crippen molar-refractivity contribution in [1.29, 1.82) is 0 Å². The number of hydrogen-bond donors (Lipinski definition) is 0. The maximum atomic E-state index is 14.6. The smallest absolute Gasteiger partial charge is 0.136 e. The molecule has 0 radical (unpaired) electrons. The van der Waals surface area contributed by atoms with Gasteiger partial charge in [-0.25, -0.2) is 4.39 Å². The van der Waals surface area contributed by atoms with Gasteiger partial charge in [0.25, 0.3) is 0 Å². The van der Waals surface area contributed by atoms with Crippen LogP contribution in [0.4, 0.5) is 4.39 Å². The van der Waals surface area contributed by atoms with Crippen LogP contribution in [0.5, 0.6) is 5.75 Å². The number of nitrogens with zero attached hydrogens (tertiary/aromatic N) is 1. The van der Waals surface area contributed by atoms with Gasteiger partial charge in [-0.1, -0.05) is 56.7 Å². The summed E-state index contributed by atoms with van der Waals surface area (Å²) in [4.78, 5) is 4.50. The van der Waals surface area contributed by atoms with Gasteiger partial charge < -0.3 is 9.47 Å². The van der Waals surface area contributed by atoms with E-state index in [1.807, 2.05) is 6.07 Å². The molecule has 1 unspecified atom stereocenters. The summed E-state index contributed by atoms with van der Waals surface area (Å²) in [6.07, 6.45) is 15.0. The lowest BCUT2D eigenvalue weighted by Gasteiger charge is -2.12. The van der Waals surface area contributed by atoms with Crippen LogP contribution in [0.25, 0.3) is 28.1 Å². The van der Waals surface area contributed by atoms with Crippen molar-refractivity contribution >= 4 is 16.8 Å². The standard InChI is InChI=1S/C30H36FNO2/c1-4-6-10-18-33-23(3)11-8-7-9-12-24-13-14-25-20-30(32-22-26(25)19-24)28-16-15-27(21-29(28)31)34-17-5-2/h5,9,12-16,19-23H,2,4,6-8,10-11,17-18H2,1,3H3. The number of pyridine rings is 1. The van der Waals surface area contributed by atoms with Gasteiger partial charge in [-0.3, -0.25) is 4.98 Å². The first kappa shape index (κ1) is 25.6. The van der Waals surface area contributed by atoms with E-state index in [-0.39, 0.29) is 5.82 Å². The molecule has 0 saturated carbocycles. The first-order valence-corrected chi connectivity index (χ1v) is 12.3. The number of rotatable bonds is 14. The molecule has 0 aliphatic rings. The molecule has 3 nitrogen and oxygen atoms in total. The Morgan fingerprint density at radius 1 is 1.06 bits per heavy atom. The van der Waals surface area contributed by atoms with Crippen LogP contribution in [-0.2, 0) is 4.74 Å². The maximum Gasteiger partial charge on any atom is 0.136 e. The fourth-order valence-corrected chi connectivity index (χ4v) is 3.82. The van der Waals surface area contributed by atoms with Crippen molar-refractivity contribution in [2.75, 3.05) is 13.2 Å². The predicted molar refractivity (Wildman–Crippen MR) is 141 cm³/mol. The van der Waals surface area contributed by atoms with E-state index < -0.39 is 0 Å². The zero-order valence-electron chi connectivity index (χ0n) is 20.4. The highest BCUT2D eigenvalue weighted by atomic mass is 19.1. The van der Waals surface area contributed by atoms with Crippen molar-refractivity contribution in [1.82, 2.24) is 4.98 Å². The maximum absolute atomic E-state index is 14.6. The van der Waals surface area contributed by atoms with Gasteiger partial charge in [0.1, 0.15) is 18.2 Å². The summed E-state index contributed by atoms with van der Waals surface area (Å²) in [5, 5.41) is 2.06. The summed E-state index contributed by atoms with van der Waals surface area (Å²) in [5.41, 5.74) is 2.20. The van der Waals surface area contributed by atoms with Crippen LogP contribution in [0.1, 0.15) is 57.9 Å². The normalized spacial score (nSPS) is 12.3. The van der Waals surface area contributed by atoms with Gasteiger partial charge in [-0.05, 0) is 67.8 Å². The van der Waals surface area contributed by atoms with Crippen LogP contribution in [0, 0.1) is 5.82 Å². The molecule has 0 amide bonds. The third kappa shape index (κ3) is 7.81. The minimum atomic E-state index is -0.353. The van der Waals surface area contributed by atoms with Crippen LogP contribution in [0.3, 0.4) is 0 Å². The van der Waals surface area contributed by atoms with E-state index in [4.69, 9.17) is 9.47 Å². The average Bonchev–Trinajstić information content (AvgIpc) is 2.85. The van der Waals surface area contributed by atoms with Gasteiger partial charge >= 0.3 is 0 Å². The summed E-state index contributed by atoms with van der Waals surface area (Å²) in [7, 11) is 0. The van der Waals surface area contributed by atoms with E-state index in [1.54, 1.807) is 24.4 Å². The fourth-order valence-electron chi connectivity index (χ4n) is 3.82. The molecule has 3 aromatic rings. The van der Waals surface area contributed by atoms with Crippen molar-refractivity contribution < 1.29 is 13.9 Å². The van der Waals surface area contributed by atoms with Crippen molar-refractivity contribution in [3.05, 3.63) is 78.8 Å². The number of hydrogen-bond acceptors (Lipinski definition) is 3. The van der Waals surface area contributed by atoms with Crippen LogP contribution in [-0.4, -0.2) is 24.3 Å². The molecule has 4 heteroatoms. The minimum absolute atomic E-state index is 0.326. The largest absolute Gasteiger partial charge is 0.489 e. The summed E-state index contributed by atoms with van der Waals surface area (Å²) in [6.45, 7) is 9.20. The Hall–Kier alpha value is -2.98. The summed E-state index contributed by atoms with van der Waals surface area (Å²) < 4.78 is 25.9. The van der Waals surface area contributed by atoms with E-state index in [2.05, 4.69) is 55.8 Å². The zero-order valence-corrected chi connectivity index (χ0v) is 20.4. The molecule has 180 valence electrons. The highest BCUT2D eigenvalue weighted by Gasteiger charge is 2.09. The van der Waals surface area contributed by atoms with Crippen LogP contribution >= 0.6 is 0 Å². The van der Waals surface area contributed by atoms with Crippen LogP contribution < -0.4 is 4.74 Å². The third-order valence-electron chi connectivity index (χ3n) is 5.77. The van der Waals surface area contributed by atoms with E-state index in [0.717, 1.165) is 48.6 Å². The number of allylic oxidation sites excluding steroid dienone is 1. The number of benzene rings is 2. The predicted octanol–water partition coefficient (Wildman–Crippen LogP) is 8.38. The average molecular weight is 462 g/mol. The second-order valence-corrected chi connectivity index (χ2v) is 8.64. The third-order valence-corrected chi connectivity index (χ3v) is 5.77. The molecule has 0 N–H and O–H groups in total. The zero-order chi connectivity index (χ0) is 24.2. The van der Waals surface area contributed by atoms with E-state index in [0.29, 0.717) is 29.7 Å². The number of unbranched alkanes of at least 4 members (excludes halogenated alkanes) is 3. The monoisotopic (exact) mass is 461 g/mol. The van der Waals surface area contributed by atoms with Crippen molar-refractivity contribution in [2.24, 2.45) is 0 Å². The molecule has 0 saturated heterocycles. The SMILES string of the molecule is C=CCOc1ccc(-c2cc3ccc(C=CCCCC(C)OCCCCC)cc3cn2)c(F)c1. The first-order chi connectivity index (χ1) is 16.6. The quantitative estimate of drug-likeness (QED) is 0.178. The Balaban J connectivity index is 1.55. The Morgan fingerprint density at radius 2 is 1.94 bits per heavy atom. The Kier molecular flexibility index (Phi) is 10.3. The minimum Gasteiger partial charge on any atom is -0.489 e. The Morgan fingerprint density at radius 3 is 2.74 bits per heavy atom. The molecule has 2 aromatic carbocycles. The topological polar surface area (TPSA) is 31.4 Å². The number of fused-ring (bicyclic) bond motifs is 1. The molecule has 0 spiro atoms. The van der Waals surface area contributed by atoms with E-state index >= 15 is 0 Å². The molecule has 1 heterocycles. The lowest BCUT2D eigenvalue weighted by atomic mass is 10.0. The van der Waals surface area contributed by atoms with Crippen molar-refractivity contribution in [2.45, 2.75) is 58.5 Å². The van der Waals surface area contributed by atoms with Crippen LogP contribution in [0.2, 0.25) is 0 Å². The molecular weight excluding hydrogens is 425 g/mol. The number of halogens is 1. The van der Waals surface area contributed by atoms with E-state index in [1.165, 1.54) is 18.9 Å². The highest BCUT2D eigenvalue weighted by molar-refractivity contribution is 5.87. The van der Waals surface area contributed by atoms with Gasteiger partial charge in [0.05, 0.1) is 11.8 Å². The lowest BCUT2D eigenvalue weighted by Crippen LogP contribution is -2.08. The highest BCUT2D eigenvalue weighted by Crippen LogP contribution is 2.28. The number of ether oxygens (including phenoxy) is 2. The second-order valence-electron chi connectivity index (χ2n) is 8.64. The summed E-state index contributed by atoms with van der Waals surface area (Å²) in [5.74, 6) is 0.126. The Labute approximate surface area is 203 Å². The molecule has 0 bridgehead atoms. The second kappa shape index (κ2) is 13.7. The van der Waals surface area contributed by atoms with Gasteiger partial charge in [-0.15, -0.1) is 0 Å². The Bertz CT molecular complexity index is 1090. The molecule has 1 atom stereocenters. The molecule has 3 rings (SSSR count). The molecule has 1 aromatic heterocycles. The van der Waals surface area contributed by atoms with Crippen molar-refractivity contribution in [3.8, 4) is 17.0 Å². The van der Waals surface area contributed by atoms with Gasteiger partial charge in [0.15, 0.2) is 0 Å². The van der Waals surface area contributed by atoms with Gasteiger partial charge in [0.2, 0.25) is 0 Å². The molecule has 0 fully saturated rings. The fraction of sp³-hybridized carbons (Fsp3) is 0.367. The van der Waals surface area contributed by atoms with Gasteiger partial charge in [0, 0.05) is 29.8 Å². The van der Waals surface area contributed by atoms with Crippen molar-refractivity contribution in [3.63, 3.8) is 0 Å². The van der Waals surface area contributed by atoms with Gasteiger partial charge in [-0.2, -0.15) is 0 Å². The first-order valence-electron chi connectivity index (χ1n) is 12.3. The molecule has 34 heavy (non-hydrogen) atoms. The lowest BCUT2D eigenvalue weighted by molar-refractivity contribution is 0.0566. The van der Waals surface area contributed by atoms with E-state index in [9.17, 15) is 4.39 Å². The molecular formula is C30H36FNO2. The number of aromatic nitrogens is 1.